The first-order valence-corrected chi connectivity index (χ1v) is 16.7. The molecule has 0 saturated heterocycles. The molecule has 0 saturated carbocycles. The molecule has 0 N–H and O–H groups in total. The minimum absolute atomic E-state index is 0.752. The Bertz CT molecular complexity index is 696. The Hall–Kier alpha value is -0.881. The number of hydrogen-bond donors (Lipinski definition) is 0. The molecule has 0 spiro atoms. The van der Waals surface area contributed by atoms with Crippen molar-refractivity contribution >= 4 is 43.7 Å². The maximum atomic E-state index is 5.11. The van der Waals surface area contributed by atoms with E-state index in [0.717, 1.165) is 16.7 Å². The Morgan fingerprint density at radius 3 is 2.67 bits per heavy atom. The molecule has 5 heteroatoms. The summed E-state index contributed by atoms with van der Waals surface area (Å²) in [6.07, 6.45) is 0. The number of fused-ring (bicyclic) bond motifs is 1. The first-order valence-electron chi connectivity index (χ1n) is 5.87. The molecule has 0 fully saturated rings. The Morgan fingerprint density at radius 1 is 1.11 bits per heavy atom. The second-order valence-electron chi connectivity index (χ2n) is 5.34. The Morgan fingerprint density at radius 2 is 1.94 bits per heavy atom. The third-order valence-corrected chi connectivity index (χ3v) is 13.5. The van der Waals surface area contributed by atoms with Crippen LogP contribution in [0.1, 0.15) is 0 Å². The summed E-state index contributed by atoms with van der Waals surface area (Å²) in [6.45, 7) is 0. The van der Waals surface area contributed by atoms with Gasteiger partial charge in [0.15, 0.2) is 0 Å². The normalized spacial score (nSPS) is 12.2. The van der Waals surface area contributed by atoms with Crippen molar-refractivity contribution in [2.24, 2.45) is 0 Å². The number of nitrogens with zero attached hydrogens (tertiary/aromatic N) is 2. The molecule has 0 aliphatic rings. The Labute approximate surface area is 114 Å². The number of benzene rings is 1. The van der Waals surface area contributed by atoms with E-state index in [1.54, 1.807) is 2.89 Å². The molecule has 0 atom stereocenters. The topological polar surface area (TPSA) is 38.9 Å². The molecular formula is C13H14N2OSSn. The van der Waals surface area contributed by atoms with Crippen molar-refractivity contribution in [3.8, 4) is 10.4 Å². The fourth-order valence-corrected chi connectivity index (χ4v) is 8.21. The molecule has 2 aromatic heterocycles. The van der Waals surface area contributed by atoms with Gasteiger partial charge in [-0.3, -0.25) is 0 Å². The summed E-state index contributed by atoms with van der Waals surface area (Å²) in [4.78, 5) is 8.56. The zero-order valence-corrected chi connectivity index (χ0v) is 14.3. The van der Waals surface area contributed by atoms with Gasteiger partial charge in [-0.2, -0.15) is 0 Å². The maximum absolute atomic E-state index is 5.11. The zero-order chi connectivity index (χ0) is 12.8. The van der Waals surface area contributed by atoms with Crippen molar-refractivity contribution in [2.75, 3.05) is 0 Å². The van der Waals surface area contributed by atoms with Crippen molar-refractivity contribution in [1.82, 2.24) is 10.4 Å². The Kier molecular flexibility index (Phi) is 2.94. The summed E-state index contributed by atoms with van der Waals surface area (Å²) in [6, 6.07) is 10.5. The molecule has 1 aromatic carbocycles. The van der Waals surface area contributed by atoms with Gasteiger partial charge in [0.05, 0.1) is 0 Å². The predicted molar refractivity (Wildman–Crippen MR) is 78.1 cm³/mol. The van der Waals surface area contributed by atoms with Gasteiger partial charge in [-0.05, 0) is 0 Å². The monoisotopic (exact) mass is 366 g/mol. The molecular weight excluding hydrogens is 351 g/mol. The van der Waals surface area contributed by atoms with Crippen molar-refractivity contribution in [3.05, 3.63) is 30.3 Å². The second kappa shape index (κ2) is 4.35. The summed E-state index contributed by atoms with van der Waals surface area (Å²) in [7, 11) is 0. The standard InChI is InChI=1S/C10H5N2OS.3CH3.Sn/c1-3-7(9-5-2-6-14-9)10-8(4-1)13-12-11-10;;;;/h1-5H;3*1H3;. The van der Waals surface area contributed by atoms with Crippen molar-refractivity contribution in [3.63, 3.8) is 0 Å². The minimum atomic E-state index is -1.96. The first-order chi connectivity index (χ1) is 8.55. The average Bonchev–Trinajstić information content (AvgIpc) is 2.96. The molecule has 0 aliphatic heterocycles. The van der Waals surface area contributed by atoms with E-state index in [1.807, 2.05) is 23.5 Å². The Balaban J connectivity index is 2.15. The van der Waals surface area contributed by atoms with E-state index in [1.165, 1.54) is 4.88 Å². The third kappa shape index (κ3) is 2.07. The van der Waals surface area contributed by atoms with E-state index in [0.29, 0.717) is 0 Å². The van der Waals surface area contributed by atoms with Crippen LogP contribution in [0.3, 0.4) is 0 Å². The van der Waals surface area contributed by atoms with Gasteiger partial charge >= 0.3 is 114 Å². The van der Waals surface area contributed by atoms with Gasteiger partial charge in [0.2, 0.25) is 0 Å². The van der Waals surface area contributed by atoms with E-state index < -0.39 is 18.4 Å². The van der Waals surface area contributed by atoms with Crippen LogP contribution in [0.2, 0.25) is 14.8 Å². The van der Waals surface area contributed by atoms with Crippen LogP contribution in [0.15, 0.2) is 34.9 Å². The molecule has 18 heavy (non-hydrogen) atoms. The van der Waals surface area contributed by atoms with Crippen molar-refractivity contribution in [1.29, 1.82) is 0 Å². The molecule has 3 nitrogen and oxygen atoms in total. The molecule has 0 radical (unpaired) electrons. The average molecular weight is 365 g/mol. The summed E-state index contributed by atoms with van der Waals surface area (Å²) >= 11 is -0.0682. The summed E-state index contributed by atoms with van der Waals surface area (Å²) < 4.78 is 6.69. The van der Waals surface area contributed by atoms with Crippen LogP contribution >= 0.6 is 11.3 Å². The zero-order valence-electron chi connectivity index (χ0n) is 10.6. The first kappa shape index (κ1) is 12.2. The summed E-state index contributed by atoms with van der Waals surface area (Å²) in [5, 5.41) is 7.71. The molecule has 2 heterocycles. The van der Waals surface area contributed by atoms with E-state index in [2.05, 4.69) is 43.4 Å². The molecule has 3 rings (SSSR count). The molecule has 92 valence electrons. The van der Waals surface area contributed by atoms with Gasteiger partial charge in [-0.25, -0.2) is 0 Å². The quantitative estimate of drug-likeness (QED) is 0.653. The van der Waals surface area contributed by atoms with Crippen LogP contribution < -0.4 is 2.89 Å². The molecule has 0 bridgehead atoms. The van der Waals surface area contributed by atoms with Crippen molar-refractivity contribution in [2.45, 2.75) is 14.8 Å². The van der Waals surface area contributed by atoms with Gasteiger partial charge in [-0.1, -0.05) is 0 Å². The fourth-order valence-electron chi connectivity index (χ4n) is 1.89. The van der Waals surface area contributed by atoms with Crippen LogP contribution in [-0.2, 0) is 0 Å². The predicted octanol–water partition coefficient (Wildman–Crippen LogP) is 3.50. The number of hydrogen-bond acceptors (Lipinski definition) is 4. The SMILES string of the molecule is [CH3][Sn]([CH3])([CH3])[c]1ccc(-c2cccc3onnc23)s1. The molecule has 3 aromatic rings. The van der Waals surface area contributed by atoms with Crippen LogP contribution in [0.25, 0.3) is 21.5 Å². The number of thiophene rings is 1. The van der Waals surface area contributed by atoms with Gasteiger partial charge in [0.25, 0.3) is 0 Å². The number of aromatic nitrogens is 2. The van der Waals surface area contributed by atoms with Crippen molar-refractivity contribution < 1.29 is 4.52 Å². The third-order valence-electron chi connectivity index (χ3n) is 2.89. The molecule has 0 aliphatic carbocycles. The van der Waals surface area contributed by atoms with Crippen LogP contribution in [0.5, 0.6) is 0 Å². The summed E-state index contributed by atoms with van der Waals surface area (Å²) in [5.74, 6) is 0. The van der Waals surface area contributed by atoms with Gasteiger partial charge in [-0.15, -0.1) is 0 Å². The molecule has 0 amide bonds. The second-order valence-corrected chi connectivity index (χ2v) is 21.8. The molecule has 0 unspecified atom stereocenters. The van der Waals surface area contributed by atoms with Crippen LogP contribution in [0, 0.1) is 0 Å². The summed E-state index contributed by atoms with van der Waals surface area (Å²) in [5.41, 5.74) is 2.73. The van der Waals surface area contributed by atoms with Crippen LogP contribution in [-0.4, -0.2) is 28.7 Å². The van der Waals surface area contributed by atoms with Gasteiger partial charge in [0, 0.05) is 0 Å². The van der Waals surface area contributed by atoms with Crippen LogP contribution in [0.4, 0.5) is 0 Å². The van der Waals surface area contributed by atoms with Gasteiger partial charge in [0.1, 0.15) is 0 Å². The number of rotatable bonds is 2. The fraction of sp³-hybridized carbons (Fsp3) is 0.231. The van der Waals surface area contributed by atoms with E-state index in [-0.39, 0.29) is 0 Å². The van der Waals surface area contributed by atoms with Gasteiger partial charge < -0.3 is 0 Å². The van der Waals surface area contributed by atoms with E-state index >= 15 is 0 Å². The van der Waals surface area contributed by atoms with E-state index in [4.69, 9.17) is 4.52 Å². The van der Waals surface area contributed by atoms with E-state index in [9.17, 15) is 0 Å².